The van der Waals surface area contributed by atoms with Crippen LogP contribution in [0.3, 0.4) is 0 Å². The van der Waals surface area contributed by atoms with Crippen LogP contribution in [-0.2, 0) is 0 Å². The Morgan fingerprint density at radius 2 is 1.95 bits per heavy atom. The van der Waals surface area contributed by atoms with Gasteiger partial charge in [0.1, 0.15) is 0 Å². The standard InChI is InChI=1S/C15H25N3O/c1-10-7-8-13(12(9-10)14(16)17-19)18(6)11(2)15(3,4)5/h7-9,11,19H,1-6H3,(H2,16,17). The quantitative estimate of drug-likeness (QED) is 0.381. The second-order valence-electron chi connectivity index (χ2n) is 6.16. The number of oxime groups is 1. The Labute approximate surface area is 115 Å². The van der Waals surface area contributed by atoms with Crippen molar-refractivity contribution in [2.45, 2.75) is 40.7 Å². The first-order valence-electron chi connectivity index (χ1n) is 6.50. The van der Waals surface area contributed by atoms with Crippen molar-refractivity contribution in [3.63, 3.8) is 0 Å². The summed E-state index contributed by atoms with van der Waals surface area (Å²) in [4.78, 5) is 2.17. The van der Waals surface area contributed by atoms with E-state index in [1.54, 1.807) is 0 Å². The van der Waals surface area contributed by atoms with E-state index in [0.29, 0.717) is 6.04 Å². The van der Waals surface area contributed by atoms with Gasteiger partial charge in [-0.25, -0.2) is 0 Å². The number of hydrogen-bond donors (Lipinski definition) is 2. The molecule has 0 aliphatic rings. The van der Waals surface area contributed by atoms with Crippen molar-refractivity contribution in [1.29, 1.82) is 0 Å². The second kappa shape index (κ2) is 5.51. The van der Waals surface area contributed by atoms with Gasteiger partial charge in [-0.05, 0) is 31.4 Å². The lowest BCUT2D eigenvalue weighted by atomic mass is 9.86. The van der Waals surface area contributed by atoms with Gasteiger partial charge < -0.3 is 15.8 Å². The van der Waals surface area contributed by atoms with E-state index in [-0.39, 0.29) is 11.3 Å². The molecule has 1 aromatic carbocycles. The maximum Gasteiger partial charge on any atom is 0.172 e. The summed E-state index contributed by atoms with van der Waals surface area (Å²) < 4.78 is 0. The molecule has 4 nitrogen and oxygen atoms in total. The van der Waals surface area contributed by atoms with Gasteiger partial charge in [-0.3, -0.25) is 0 Å². The molecular formula is C15H25N3O. The van der Waals surface area contributed by atoms with Gasteiger partial charge in [-0.15, -0.1) is 0 Å². The number of nitrogens with two attached hydrogens (primary N) is 1. The first-order valence-corrected chi connectivity index (χ1v) is 6.50. The lowest BCUT2D eigenvalue weighted by Crippen LogP contribution is -2.40. The summed E-state index contributed by atoms with van der Waals surface area (Å²) in [5.74, 6) is 0.145. The minimum absolute atomic E-state index is 0.141. The Bertz CT molecular complexity index is 475. The molecule has 0 bridgehead atoms. The highest BCUT2D eigenvalue weighted by Crippen LogP contribution is 2.29. The predicted octanol–water partition coefficient (Wildman–Crippen LogP) is 2.96. The van der Waals surface area contributed by atoms with Crippen LogP contribution in [0, 0.1) is 12.3 Å². The fraction of sp³-hybridized carbons (Fsp3) is 0.533. The topological polar surface area (TPSA) is 61.8 Å². The molecule has 0 saturated heterocycles. The van der Waals surface area contributed by atoms with Crippen molar-refractivity contribution in [3.05, 3.63) is 29.3 Å². The van der Waals surface area contributed by atoms with Gasteiger partial charge in [0.15, 0.2) is 5.84 Å². The third-order valence-electron chi connectivity index (χ3n) is 3.75. The van der Waals surface area contributed by atoms with E-state index in [1.165, 1.54) is 0 Å². The number of nitrogens with zero attached hydrogens (tertiary/aromatic N) is 2. The van der Waals surface area contributed by atoms with Crippen molar-refractivity contribution in [2.24, 2.45) is 16.3 Å². The van der Waals surface area contributed by atoms with Crippen LogP contribution in [0.15, 0.2) is 23.4 Å². The summed E-state index contributed by atoms with van der Waals surface area (Å²) in [6.07, 6.45) is 0. The molecule has 4 heteroatoms. The maximum atomic E-state index is 8.93. The molecule has 106 valence electrons. The number of amidine groups is 1. The Balaban J connectivity index is 3.27. The average Bonchev–Trinajstić information content (AvgIpc) is 2.34. The minimum Gasteiger partial charge on any atom is -0.409 e. The summed E-state index contributed by atoms with van der Waals surface area (Å²) in [5, 5.41) is 12.1. The molecule has 0 heterocycles. The minimum atomic E-state index is 0.141. The zero-order chi connectivity index (χ0) is 14.8. The van der Waals surface area contributed by atoms with Crippen LogP contribution in [0.4, 0.5) is 5.69 Å². The van der Waals surface area contributed by atoms with Crippen LogP contribution >= 0.6 is 0 Å². The Morgan fingerprint density at radius 3 is 2.42 bits per heavy atom. The lowest BCUT2D eigenvalue weighted by molar-refractivity contribution is 0.318. The molecule has 1 aromatic rings. The van der Waals surface area contributed by atoms with E-state index in [0.717, 1.165) is 16.8 Å². The largest absolute Gasteiger partial charge is 0.409 e. The molecule has 0 saturated carbocycles. The van der Waals surface area contributed by atoms with Gasteiger partial charge in [-0.1, -0.05) is 37.6 Å². The Hall–Kier alpha value is -1.71. The van der Waals surface area contributed by atoms with Crippen LogP contribution in [0.2, 0.25) is 0 Å². The third-order valence-corrected chi connectivity index (χ3v) is 3.75. The Morgan fingerprint density at radius 1 is 1.37 bits per heavy atom. The van der Waals surface area contributed by atoms with E-state index in [2.05, 4.69) is 37.8 Å². The summed E-state index contributed by atoms with van der Waals surface area (Å²) in [7, 11) is 2.04. The highest BCUT2D eigenvalue weighted by Gasteiger charge is 2.25. The molecule has 1 unspecified atom stereocenters. The zero-order valence-corrected chi connectivity index (χ0v) is 12.7. The van der Waals surface area contributed by atoms with Crippen molar-refractivity contribution >= 4 is 11.5 Å². The van der Waals surface area contributed by atoms with Gasteiger partial charge in [0.2, 0.25) is 0 Å². The highest BCUT2D eigenvalue weighted by atomic mass is 16.4. The van der Waals surface area contributed by atoms with Crippen molar-refractivity contribution in [1.82, 2.24) is 0 Å². The van der Waals surface area contributed by atoms with Crippen molar-refractivity contribution in [3.8, 4) is 0 Å². The smallest absolute Gasteiger partial charge is 0.172 e. The normalized spacial score (nSPS) is 14.3. The van der Waals surface area contributed by atoms with Crippen LogP contribution in [-0.4, -0.2) is 24.1 Å². The molecular weight excluding hydrogens is 238 g/mol. The summed E-state index contributed by atoms with van der Waals surface area (Å²) >= 11 is 0. The fourth-order valence-electron chi connectivity index (χ4n) is 2.01. The summed E-state index contributed by atoms with van der Waals surface area (Å²) in [6, 6.07) is 6.32. The lowest BCUT2D eigenvalue weighted by Gasteiger charge is -2.37. The van der Waals surface area contributed by atoms with Gasteiger partial charge in [0.25, 0.3) is 0 Å². The molecule has 0 aromatic heterocycles. The molecule has 0 aliphatic carbocycles. The van der Waals surface area contributed by atoms with E-state index >= 15 is 0 Å². The molecule has 3 N–H and O–H groups in total. The maximum absolute atomic E-state index is 8.93. The first-order chi connectivity index (χ1) is 8.68. The number of anilines is 1. The summed E-state index contributed by atoms with van der Waals surface area (Å²) in [5.41, 5.74) is 8.75. The number of hydrogen-bond acceptors (Lipinski definition) is 3. The molecule has 0 spiro atoms. The van der Waals surface area contributed by atoms with Gasteiger partial charge >= 0.3 is 0 Å². The van der Waals surface area contributed by atoms with Crippen LogP contribution in [0.25, 0.3) is 0 Å². The van der Waals surface area contributed by atoms with E-state index in [1.807, 2.05) is 32.2 Å². The molecule has 1 atom stereocenters. The Kier molecular flexibility index (Phi) is 4.45. The SMILES string of the molecule is Cc1ccc(N(C)C(C)C(C)(C)C)c(/C(N)=N/O)c1. The number of aryl methyl sites for hydroxylation is 1. The highest BCUT2D eigenvalue weighted by molar-refractivity contribution is 6.02. The number of rotatable bonds is 3. The molecule has 0 radical (unpaired) electrons. The van der Waals surface area contributed by atoms with Gasteiger partial charge in [-0.2, -0.15) is 0 Å². The van der Waals surface area contributed by atoms with Crippen LogP contribution < -0.4 is 10.6 Å². The third kappa shape index (κ3) is 3.40. The molecule has 0 amide bonds. The molecule has 0 aliphatic heterocycles. The zero-order valence-electron chi connectivity index (χ0n) is 12.7. The predicted molar refractivity (Wildman–Crippen MR) is 81.0 cm³/mol. The van der Waals surface area contributed by atoms with Crippen LogP contribution in [0.5, 0.6) is 0 Å². The molecule has 19 heavy (non-hydrogen) atoms. The monoisotopic (exact) mass is 263 g/mol. The van der Waals surface area contributed by atoms with Gasteiger partial charge in [0.05, 0.1) is 0 Å². The van der Waals surface area contributed by atoms with Crippen molar-refractivity contribution < 1.29 is 5.21 Å². The van der Waals surface area contributed by atoms with Gasteiger partial charge in [0, 0.05) is 24.3 Å². The molecule has 0 fully saturated rings. The second-order valence-corrected chi connectivity index (χ2v) is 6.16. The van der Waals surface area contributed by atoms with E-state index < -0.39 is 0 Å². The van der Waals surface area contributed by atoms with Crippen molar-refractivity contribution in [2.75, 3.05) is 11.9 Å². The van der Waals surface area contributed by atoms with E-state index in [4.69, 9.17) is 10.9 Å². The summed E-state index contributed by atoms with van der Waals surface area (Å²) in [6.45, 7) is 10.8. The van der Waals surface area contributed by atoms with E-state index in [9.17, 15) is 0 Å². The molecule has 1 rings (SSSR count). The number of benzene rings is 1. The fourth-order valence-corrected chi connectivity index (χ4v) is 2.01. The first kappa shape index (κ1) is 15.3. The average molecular weight is 263 g/mol. The van der Waals surface area contributed by atoms with Crippen LogP contribution in [0.1, 0.15) is 38.8 Å².